The Morgan fingerprint density at radius 2 is 1.61 bits per heavy atom. The predicted octanol–water partition coefficient (Wildman–Crippen LogP) is 3.86. The maximum absolute atomic E-state index is 12.8. The normalized spacial score (nSPS) is 11.7. The minimum Gasteiger partial charge on any atom is -0.494 e. The monoisotopic (exact) mass is 318 g/mol. The minimum atomic E-state index is -0.906. The lowest BCUT2D eigenvalue weighted by atomic mass is 9.96. The van der Waals surface area contributed by atoms with E-state index in [0.29, 0.717) is 30.1 Å². The van der Waals surface area contributed by atoms with Gasteiger partial charge in [-0.05, 0) is 55.3 Å². The topological polar surface area (TPSA) is 55.8 Å². The van der Waals surface area contributed by atoms with Gasteiger partial charge in [-0.1, -0.05) is 12.1 Å². The summed E-state index contributed by atoms with van der Waals surface area (Å²) in [6.07, 6.45) is 0.320. The van der Waals surface area contributed by atoms with E-state index in [1.54, 1.807) is 24.3 Å². The van der Waals surface area contributed by atoms with Crippen molar-refractivity contribution in [2.24, 2.45) is 0 Å². The molecule has 122 valence electrons. The van der Waals surface area contributed by atoms with Crippen LogP contribution in [-0.2, 0) is 4.79 Å². The van der Waals surface area contributed by atoms with Crippen LogP contribution in [-0.4, -0.2) is 24.3 Å². The Morgan fingerprint density at radius 3 is 2.17 bits per heavy atom. The smallest absolute Gasteiger partial charge is 0.311 e. The van der Waals surface area contributed by atoms with Gasteiger partial charge >= 0.3 is 5.97 Å². The Morgan fingerprint density at radius 1 is 1.04 bits per heavy atom. The molecule has 0 saturated carbocycles. The summed E-state index contributed by atoms with van der Waals surface area (Å²) in [6, 6.07) is 12.7. The first-order valence-corrected chi connectivity index (χ1v) is 7.44. The first kappa shape index (κ1) is 16.8. The summed E-state index contributed by atoms with van der Waals surface area (Å²) in [6.45, 7) is 2.68. The van der Waals surface area contributed by atoms with E-state index in [-0.39, 0.29) is 12.4 Å². The van der Waals surface area contributed by atoms with E-state index in [4.69, 9.17) is 9.47 Å². The molecule has 1 unspecified atom stereocenters. The predicted molar refractivity (Wildman–Crippen MR) is 84.5 cm³/mol. The average molecular weight is 318 g/mol. The van der Waals surface area contributed by atoms with E-state index in [0.717, 1.165) is 0 Å². The van der Waals surface area contributed by atoms with Gasteiger partial charge in [0.2, 0.25) is 0 Å². The molecule has 23 heavy (non-hydrogen) atoms. The number of benzene rings is 2. The zero-order chi connectivity index (χ0) is 16.7. The Bertz CT molecular complexity index is 622. The van der Waals surface area contributed by atoms with Crippen molar-refractivity contribution >= 4 is 5.97 Å². The lowest BCUT2D eigenvalue weighted by molar-refractivity contribution is -0.139. The first-order valence-electron chi connectivity index (χ1n) is 7.44. The van der Waals surface area contributed by atoms with Gasteiger partial charge in [-0.15, -0.1) is 0 Å². The molecule has 0 heterocycles. The van der Waals surface area contributed by atoms with Crippen molar-refractivity contribution < 1.29 is 23.8 Å². The Labute approximate surface area is 134 Å². The largest absolute Gasteiger partial charge is 0.494 e. The molecule has 0 aromatic heterocycles. The highest BCUT2D eigenvalue weighted by Crippen LogP contribution is 2.23. The summed E-state index contributed by atoms with van der Waals surface area (Å²) in [7, 11) is 0. The summed E-state index contributed by atoms with van der Waals surface area (Å²) in [4.78, 5) is 11.5. The van der Waals surface area contributed by atoms with Gasteiger partial charge < -0.3 is 14.6 Å². The molecule has 0 amide bonds. The highest BCUT2D eigenvalue weighted by molar-refractivity contribution is 5.76. The van der Waals surface area contributed by atoms with Gasteiger partial charge in [0.15, 0.2) is 0 Å². The molecule has 0 spiro atoms. The molecular formula is C18H19FO4. The molecular weight excluding hydrogens is 299 g/mol. The van der Waals surface area contributed by atoms with Gasteiger partial charge in [-0.2, -0.15) is 0 Å². The Kier molecular flexibility index (Phi) is 5.97. The van der Waals surface area contributed by atoms with Crippen molar-refractivity contribution in [3.63, 3.8) is 0 Å². The summed E-state index contributed by atoms with van der Waals surface area (Å²) >= 11 is 0. The van der Waals surface area contributed by atoms with Crippen LogP contribution in [0.3, 0.4) is 0 Å². The van der Waals surface area contributed by atoms with Gasteiger partial charge in [0, 0.05) is 0 Å². The first-order chi connectivity index (χ1) is 11.1. The molecule has 0 aliphatic rings. The number of ether oxygens (including phenoxy) is 2. The fourth-order valence-electron chi connectivity index (χ4n) is 2.22. The van der Waals surface area contributed by atoms with Crippen LogP contribution >= 0.6 is 0 Å². The van der Waals surface area contributed by atoms with E-state index in [9.17, 15) is 14.3 Å². The van der Waals surface area contributed by atoms with Crippen LogP contribution in [0, 0.1) is 5.82 Å². The van der Waals surface area contributed by atoms with Crippen molar-refractivity contribution in [1.82, 2.24) is 0 Å². The number of halogens is 1. The number of hydrogen-bond acceptors (Lipinski definition) is 3. The molecule has 0 aliphatic carbocycles. The third kappa shape index (κ3) is 4.98. The second-order valence-corrected chi connectivity index (χ2v) is 4.98. The molecule has 1 atom stereocenters. The van der Waals surface area contributed by atoms with E-state index in [1.165, 1.54) is 24.3 Å². The SMILES string of the molecule is CCOc1ccc(C(CCOc2ccc(F)cc2)C(=O)O)cc1. The van der Waals surface area contributed by atoms with Crippen molar-refractivity contribution in [1.29, 1.82) is 0 Å². The van der Waals surface area contributed by atoms with Crippen LogP contribution < -0.4 is 9.47 Å². The van der Waals surface area contributed by atoms with E-state index < -0.39 is 11.9 Å². The molecule has 2 rings (SSSR count). The highest BCUT2D eigenvalue weighted by atomic mass is 19.1. The minimum absolute atomic E-state index is 0.232. The lowest BCUT2D eigenvalue weighted by Gasteiger charge is -2.14. The van der Waals surface area contributed by atoms with Crippen molar-refractivity contribution in [2.75, 3.05) is 13.2 Å². The number of carboxylic acid groups (broad SMARTS) is 1. The fraction of sp³-hybridized carbons (Fsp3) is 0.278. The molecule has 0 aliphatic heterocycles. The molecule has 0 radical (unpaired) electrons. The van der Waals surface area contributed by atoms with Crippen LogP contribution in [0.4, 0.5) is 4.39 Å². The van der Waals surface area contributed by atoms with Crippen molar-refractivity contribution in [3.8, 4) is 11.5 Å². The van der Waals surface area contributed by atoms with Gasteiger partial charge in [0.1, 0.15) is 17.3 Å². The quantitative estimate of drug-likeness (QED) is 0.803. The fourth-order valence-corrected chi connectivity index (χ4v) is 2.22. The zero-order valence-corrected chi connectivity index (χ0v) is 12.9. The van der Waals surface area contributed by atoms with E-state index in [2.05, 4.69) is 0 Å². The number of aliphatic carboxylic acids is 1. The number of carbonyl (C=O) groups is 1. The van der Waals surface area contributed by atoms with Gasteiger partial charge in [0.25, 0.3) is 0 Å². The highest BCUT2D eigenvalue weighted by Gasteiger charge is 2.20. The van der Waals surface area contributed by atoms with Gasteiger partial charge in [-0.25, -0.2) is 4.39 Å². The molecule has 1 N–H and O–H groups in total. The van der Waals surface area contributed by atoms with Crippen LogP contribution in [0.2, 0.25) is 0 Å². The van der Waals surface area contributed by atoms with Gasteiger partial charge in [0.05, 0.1) is 19.1 Å². The number of carboxylic acids is 1. The Hall–Kier alpha value is -2.56. The van der Waals surface area contributed by atoms with Crippen LogP contribution in [0.15, 0.2) is 48.5 Å². The molecule has 5 heteroatoms. The maximum atomic E-state index is 12.8. The molecule has 2 aromatic carbocycles. The summed E-state index contributed by atoms with van der Waals surface area (Å²) in [5.41, 5.74) is 0.698. The lowest BCUT2D eigenvalue weighted by Crippen LogP contribution is -2.15. The molecule has 0 saturated heterocycles. The molecule has 0 fully saturated rings. The zero-order valence-electron chi connectivity index (χ0n) is 12.9. The second-order valence-electron chi connectivity index (χ2n) is 4.98. The third-order valence-electron chi connectivity index (χ3n) is 3.38. The summed E-state index contributed by atoms with van der Waals surface area (Å²) < 4.78 is 23.6. The Balaban J connectivity index is 1.95. The third-order valence-corrected chi connectivity index (χ3v) is 3.38. The average Bonchev–Trinajstić information content (AvgIpc) is 2.54. The van der Waals surface area contributed by atoms with Crippen LogP contribution in [0.5, 0.6) is 11.5 Å². The standard InChI is InChI=1S/C18H19FO4/c1-2-22-15-7-3-13(4-8-15)17(18(20)21)11-12-23-16-9-5-14(19)6-10-16/h3-10,17H,2,11-12H2,1H3,(H,20,21). The molecule has 0 bridgehead atoms. The number of hydrogen-bond donors (Lipinski definition) is 1. The van der Waals surface area contributed by atoms with Crippen LogP contribution in [0.1, 0.15) is 24.8 Å². The van der Waals surface area contributed by atoms with E-state index >= 15 is 0 Å². The second kappa shape index (κ2) is 8.17. The summed E-state index contributed by atoms with van der Waals surface area (Å²) in [5.74, 6) is -0.677. The van der Waals surface area contributed by atoms with E-state index in [1.807, 2.05) is 6.92 Å². The summed E-state index contributed by atoms with van der Waals surface area (Å²) in [5, 5.41) is 9.40. The molecule has 2 aromatic rings. The van der Waals surface area contributed by atoms with Gasteiger partial charge in [-0.3, -0.25) is 4.79 Å². The number of rotatable bonds is 8. The van der Waals surface area contributed by atoms with Crippen molar-refractivity contribution in [2.45, 2.75) is 19.3 Å². The van der Waals surface area contributed by atoms with Crippen LogP contribution in [0.25, 0.3) is 0 Å². The van der Waals surface area contributed by atoms with Crippen molar-refractivity contribution in [3.05, 3.63) is 59.9 Å². The molecule has 4 nitrogen and oxygen atoms in total. The maximum Gasteiger partial charge on any atom is 0.311 e.